The van der Waals surface area contributed by atoms with Crippen LogP contribution in [0.2, 0.25) is 0 Å². The minimum absolute atomic E-state index is 0.381. The van der Waals surface area contributed by atoms with Crippen molar-refractivity contribution in [3.63, 3.8) is 0 Å². The van der Waals surface area contributed by atoms with Gasteiger partial charge in [-0.15, -0.1) is 0 Å². The average molecular weight is 412 g/mol. The summed E-state index contributed by atoms with van der Waals surface area (Å²) in [7, 11) is 0. The first-order valence-corrected chi connectivity index (χ1v) is 9.97. The molecule has 11 nitrogen and oxygen atoms in total. The summed E-state index contributed by atoms with van der Waals surface area (Å²) in [5.74, 6) is 0.416. The number of nitrogens with zero attached hydrogens (tertiary/aromatic N) is 7. The van der Waals surface area contributed by atoms with Gasteiger partial charge in [-0.25, -0.2) is 15.0 Å². The third kappa shape index (κ3) is 4.30. The summed E-state index contributed by atoms with van der Waals surface area (Å²) in [5.41, 5.74) is 1.41. The van der Waals surface area contributed by atoms with Gasteiger partial charge >= 0.3 is 5.97 Å². The van der Waals surface area contributed by atoms with E-state index in [2.05, 4.69) is 25.4 Å². The summed E-state index contributed by atoms with van der Waals surface area (Å²) in [6.45, 7) is 4.75. The molecule has 4 rings (SSSR count). The van der Waals surface area contributed by atoms with Crippen LogP contribution in [0.25, 0.3) is 11.0 Å². The van der Waals surface area contributed by atoms with Gasteiger partial charge in [0.05, 0.1) is 25.3 Å². The number of carbonyl (C=O) groups is 1. The molecule has 1 aliphatic heterocycles. The SMILES string of the molecule is CCOCCn1ncc2nc(N3CCC[C@@H](C(=O)O)C3)nc(Nc3ccncn3)c21. The summed E-state index contributed by atoms with van der Waals surface area (Å²) in [6.07, 6.45) is 6.23. The first-order chi connectivity index (χ1) is 14.7. The predicted molar refractivity (Wildman–Crippen MR) is 110 cm³/mol. The van der Waals surface area contributed by atoms with Crippen molar-refractivity contribution in [3.8, 4) is 0 Å². The molecule has 4 heterocycles. The Hall–Kier alpha value is -3.34. The quantitative estimate of drug-likeness (QED) is 0.527. The van der Waals surface area contributed by atoms with Crippen LogP contribution in [0.3, 0.4) is 0 Å². The Labute approximate surface area is 173 Å². The van der Waals surface area contributed by atoms with Crippen molar-refractivity contribution in [3.05, 3.63) is 24.8 Å². The minimum Gasteiger partial charge on any atom is -0.481 e. The number of nitrogens with one attached hydrogen (secondary N) is 1. The maximum Gasteiger partial charge on any atom is 0.308 e. The van der Waals surface area contributed by atoms with E-state index in [1.165, 1.54) is 6.33 Å². The highest BCUT2D eigenvalue weighted by molar-refractivity contribution is 5.88. The van der Waals surface area contributed by atoms with E-state index in [0.29, 0.717) is 62.4 Å². The molecule has 158 valence electrons. The Balaban J connectivity index is 1.71. The van der Waals surface area contributed by atoms with Gasteiger partial charge in [0.2, 0.25) is 5.95 Å². The van der Waals surface area contributed by atoms with Gasteiger partial charge in [-0.05, 0) is 25.8 Å². The van der Waals surface area contributed by atoms with Gasteiger partial charge in [0.25, 0.3) is 0 Å². The zero-order chi connectivity index (χ0) is 20.9. The van der Waals surface area contributed by atoms with E-state index in [1.807, 2.05) is 11.8 Å². The number of anilines is 3. The van der Waals surface area contributed by atoms with E-state index < -0.39 is 11.9 Å². The number of hydrogen-bond acceptors (Lipinski definition) is 9. The fourth-order valence-electron chi connectivity index (χ4n) is 3.53. The summed E-state index contributed by atoms with van der Waals surface area (Å²) >= 11 is 0. The fourth-order valence-corrected chi connectivity index (χ4v) is 3.53. The number of aliphatic carboxylic acids is 1. The molecule has 3 aromatic heterocycles. The van der Waals surface area contributed by atoms with Gasteiger partial charge in [-0.3, -0.25) is 9.48 Å². The molecule has 30 heavy (non-hydrogen) atoms. The average Bonchev–Trinajstić information content (AvgIpc) is 3.18. The molecule has 0 amide bonds. The lowest BCUT2D eigenvalue weighted by Gasteiger charge is -2.30. The Morgan fingerprint density at radius 2 is 2.30 bits per heavy atom. The van der Waals surface area contributed by atoms with Gasteiger partial charge in [0.15, 0.2) is 5.82 Å². The van der Waals surface area contributed by atoms with Crippen LogP contribution in [0.4, 0.5) is 17.6 Å². The van der Waals surface area contributed by atoms with Crippen LogP contribution in [0.5, 0.6) is 0 Å². The minimum atomic E-state index is -0.788. The molecular weight excluding hydrogens is 388 g/mol. The molecule has 1 saturated heterocycles. The number of fused-ring (bicyclic) bond motifs is 1. The lowest BCUT2D eigenvalue weighted by Crippen LogP contribution is -2.39. The van der Waals surface area contributed by atoms with Gasteiger partial charge in [-0.2, -0.15) is 10.1 Å². The van der Waals surface area contributed by atoms with Crippen molar-refractivity contribution in [2.45, 2.75) is 26.3 Å². The van der Waals surface area contributed by atoms with Crippen LogP contribution in [0, 0.1) is 5.92 Å². The first kappa shape index (κ1) is 20.0. The maximum atomic E-state index is 11.5. The number of carboxylic acids is 1. The summed E-state index contributed by atoms with van der Waals surface area (Å²) < 4.78 is 7.26. The van der Waals surface area contributed by atoms with Crippen molar-refractivity contribution in [2.24, 2.45) is 5.92 Å². The molecular formula is C19H24N8O3. The smallest absolute Gasteiger partial charge is 0.308 e. The number of carboxylic acid groups (broad SMARTS) is 1. The van der Waals surface area contributed by atoms with Crippen molar-refractivity contribution < 1.29 is 14.6 Å². The van der Waals surface area contributed by atoms with Crippen LogP contribution in [0.1, 0.15) is 19.8 Å². The highest BCUT2D eigenvalue weighted by atomic mass is 16.5. The number of rotatable bonds is 8. The van der Waals surface area contributed by atoms with Gasteiger partial charge in [0.1, 0.15) is 23.2 Å². The third-order valence-electron chi connectivity index (χ3n) is 5.01. The molecule has 11 heteroatoms. The van der Waals surface area contributed by atoms with Gasteiger partial charge < -0.3 is 20.1 Å². The fraction of sp³-hybridized carbons (Fsp3) is 0.474. The second kappa shape index (κ2) is 8.99. The van der Waals surface area contributed by atoms with Crippen LogP contribution in [0.15, 0.2) is 24.8 Å². The molecule has 1 aliphatic rings. The Bertz CT molecular complexity index is 1010. The Morgan fingerprint density at radius 3 is 3.07 bits per heavy atom. The van der Waals surface area contributed by atoms with E-state index >= 15 is 0 Å². The molecule has 0 bridgehead atoms. The number of aromatic nitrogens is 6. The normalized spacial score (nSPS) is 16.7. The molecule has 3 aromatic rings. The molecule has 0 radical (unpaired) electrons. The van der Waals surface area contributed by atoms with E-state index in [9.17, 15) is 9.90 Å². The lowest BCUT2D eigenvalue weighted by molar-refractivity contribution is -0.141. The van der Waals surface area contributed by atoms with Crippen LogP contribution in [-0.2, 0) is 16.1 Å². The van der Waals surface area contributed by atoms with E-state index in [0.717, 1.165) is 11.9 Å². The van der Waals surface area contributed by atoms with Crippen molar-refractivity contribution >= 4 is 34.6 Å². The van der Waals surface area contributed by atoms with Gasteiger partial charge in [-0.1, -0.05) is 0 Å². The van der Waals surface area contributed by atoms with Crippen molar-refractivity contribution in [2.75, 3.05) is 36.5 Å². The number of piperidine rings is 1. The molecule has 0 aromatic carbocycles. The second-order valence-corrected chi connectivity index (χ2v) is 7.01. The van der Waals surface area contributed by atoms with Crippen LogP contribution < -0.4 is 10.2 Å². The highest BCUT2D eigenvalue weighted by Crippen LogP contribution is 2.28. The van der Waals surface area contributed by atoms with E-state index in [1.54, 1.807) is 23.1 Å². The summed E-state index contributed by atoms with van der Waals surface area (Å²) in [6, 6.07) is 1.75. The number of hydrogen-bond donors (Lipinski definition) is 2. The molecule has 1 atom stereocenters. The highest BCUT2D eigenvalue weighted by Gasteiger charge is 2.28. The summed E-state index contributed by atoms with van der Waals surface area (Å²) in [4.78, 5) is 30.9. The van der Waals surface area contributed by atoms with Gasteiger partial charge in [0, 0.05) is 25.9 Å². The monoisotopic (exact) mass is 412 g/mol. The topological polar surface area (TPSA) is 131 Å². The predicted octanol–water partition coefficient (Wildman–Crippen LogP) is 1.70. The maximum absolute atomic E-state index is 11.5. The number of ether oxygens (including phenoxy) is 1. The Morgan fingerprint density at radius 1 is 1.40 bits per heavy atom. The third-order valence-corrected chi connectivity index (χ3v) is 5.01. The van der Waals surface area contributed by atoms with Crippen molar-refractivity contribution in [1.29, 1.82) is 0 Å². The zero-order valence-corrected chi connectivity index (χ0v) is 16.7. The van der Waals surface area contributed by atoms with E-state index in [4.69, 9.17) is 9.72 Å². The summed E-state index contributed by atoms with van der Waals surface area (Å²) in [5, 5.41) is 17.1. The van der Waals surface area contributed by atoms with Crippen molar-refractivity contribution in [1.82, 2.24) is 29.7 Å². The molecule has 0 unspecified atom stereocenters. The second-order valence-electron chi connectivity index (χ2n) is 7.01. The molecule has 2 N–H and O–H groups in total. The first-order valence-electron chi connectivity index (χ1n) is 9.97. The standard InChI is InChI=1S/C19H24N8O3/c1-2-30-9-8-27-16-14(10-22-27)23-19(26-7-3-4-13(11-26)18(28)29)25-17(16)24-15-5-6-20-12-21-15/h5-6,10,12-13H,2-4,7-9,11H2,1H3,(H,28,29)(H,20,21,23,24,25)/t13-/m1/s1. The van der Waals surface area contributed by atoms with Crippen LogP contribution in [-0.4, -0.2) is 67.1 Å². The largest absolute Gasteiger partial charge is 0.481 e. The van der Waals surface area contributed by atoms with Crippen LogP contribution >= 0.6 is 0 Å². The molecule has 1 fully saturated rings. The Kier molecular flexibility index (Phi) is 5.98. The lowest BCUT2D eigenvalue weighted by atomic mass is 9.99. The molecule has 0 aliphatic carbocycles. The van der Waals surface area contributed by atoms with E-state index in [-0.39, 0.29) is 0 Å². The molecule has 0 saturated carbocycles. The zero-order valence-electron chi connectivity index (χ0n) is 16.7. The molecule has 0 spiro atoms.